The van der Waals surface area contributed by atoms with Crippen molar-refractivity contribution in [2.24, 2.45) is 0 Å². The van der Waals surface area contributed by atoms with Gasteiger partial charge in [-0.15, -0.1) is 0 Å². The van der Waals surface area contributed by atoms with E-state index in [0.717, 1.165) is 12.1 Å². The highest BCUT2D eigenvalue weighted by atomic mass is 19.4. The Labute approximate surface area is 98.3 Å². The molecule has 5 heteroatoms. The van der Waals surface area contributed by atoms with E-state index in [4.69, 9.17) is 9.47 Å². The van der Waals surface area contributed by atoms with Crippen molar-refractivity contribution in [3.63, 3.8) is 0 Å². The molecule has 17 heavy (non-hydrogen) atoms. The van der Waals surface area contributed by atoms with Gasteiger partial charge in [0.25, 0.3) is 0 Å². The highest BCUT2D eigenvalue weighted by Crippen LogP contribution is 2.30. The SMILES string of the molecule is CCOC(OCC)c1ccc(C(F)(F)F)cc1. The van der Waals surface area contributed by atoms with E-state index >= 15 is 0 Å². The monoisotopic (exact) mass is 248 g/mol. The van der Waals surface area contributed by atoms with Gasteiger partial charge >= 0.3 is 6.18 Å². The minimum Gasteiger partial charge on any atom is -0.349 e. The fourth-order valence-corrected chi connectivity index (χ4v) is 1.37. The van der Waals surface area contributed by atoms with Crippen molar-refractivity contribution >= 4 is 0 Å². The van der Waals surface area contributed by atoms with Crippen LogP contribution in [-0.2, 0) is 15.7 Å². The van der Waals surface area contributed by atoms with E-state index < -0.39 is 18.0 Å². The molecule has 96 valence electrons. The average molecular weight is 248 g/mol. The van der Waals surface area contributed by atoms with E-state index in [1.54, 1.807) is 13.8 Å². The molecule has 1 aromatic rings. The Balaban J connectivity index is 2.84. The third kappa shape index (κ3) is 4.02. The summed E-state index contributed by atoms with van der Waals surface area (Å²) in [5, 5.41) is 0. The van der Waals surface area contributed by atoms with Crippen molar-refractivity contribution < 1.29 is 22.6 Å². The number of ether oxygens (including phenoxy) is 2. The average Bonchev–Trinajstić information content (AvgIpc) is 2.28. The Hall–Kier alpha value is -1.07. The molecule has 2 nitrogen and oxygen atoms in total. The summed E-state index contributed by atoms with van der Waals surface area (Å²) in [7, 11) is 0. The van der Waals surface area contributed by atoms with Gasteiger partial charge in [0.05, 0.1) is 5.56 Å². The van der Waals surface area contributed by atoms with E-state index in [-0.39, 0.29) is 0 Å². The molecule has 0 aromatic heterocycles. The van der Waals surface area contributed by atoms with Gasteiger partial charge in [0.15, 0.2) is 6.29 Å². The number of rotatable bonds is 5. The van der Waals surface area contributed by atoms with Gasteiger partial charge in [-0.05, 0) is 26.0 Å². The molecule has 0 unspecified atom stereocenters. The summed E-state index contributed by atoms with van der Waals surface area (Å²) in [5.74, 6) is 0. The summed E-state index contributed by atoms with van der Waals surface area (Å²) in [6, 6.07) is 4.80. The molecular formula is C12H15F3O2. The van der Waals surface area contributed by atoms with E-state index in [9.17, 15) is 13.2 Å². The van der Waals surface area contributed by atoms with Gasteiger partial charge < -0.3 is 9.47 Å². The highest BCUT2D eigenvalue weighted by molar-refractivity contribution is 5.25. The molecule has 0 spiro atoms. The van der Waals surface area contributed by atoms with Crippen LogP contribution < -0.4 is 0 Å². The van der Waals surface area contributed by atoms with E-state index in [1.807, 2.05) is 0 Å². The number of hydrogen-bond donors (Lipinski definition) is 0. The van der Waals surface area contributed by atoms with Crippen LogP contribution in [-0.4, -0.2) is 13.2 Å². The van der Waals surface area contributed by atoms with Crippen LogP contribution in [0.15, 0.2) is 24.3 Å². The summed E-state index contributed by atoms with van der Waals surface area (Å²) >= 11 is 0. The molecule has 0 saturated carbocycles. The lowest BCUT2D eigenvalue weighted by molar-refractivity contribution is -0.142. The van der Waals surface area contributed by atoms with Crippen molar-refractivity contribution in [2.45, 2.75) is 26.3 Å². The lowest BCUT2D eigenvalue weighted by Crippen LogP contribution is -2.10. The molecule has 0 aliphatic carbocycles. The van der Waals surface area contributed by atoms with Crippen LogP contribution in [0.1, 0.15) is 31.3 Å². The van der Waals surface area contributed by atoms with Gasteiger partial charge in [-0.1, -0.05) is 12.1 Å². The van der Waals surface area contributed by atoms with Crippen LogP contribution in [0.3, 0.4) is 0 Å². The van der Waals surface area contributed by atoms with Gasteiger partial charge in [-0.3, -0.25) is 0 Å². The Bertz CT molecular complexity index is 327. The zero-order chi connectivity index (χ0) is 12.9. The first-order valence-electron chi connectivity index (χ1n) is 5.39. The Morgan fingerprint density at radius 1 is 1.00 bits per heavy atom. The molecule has 0 radical (unpaired) electrons. The van der Waals surface area contributed by atoms with Gasteiger partial charge in [0.2, 0.25) is 0 Å². The predicted molar refractivity (Wildman–Crippen MR) is 57.4 cm³/mol. The minimum atomic E-state index is -4.31. The molecule has 0 heterocycles. The first-order valence-corrected chi connectivity index (χ1v) is 5.39. The van der Waals surface area contributed by atoms with E-state index in [2.05, 4.69) is 0 Å². The largest absolute Gasteiger partial charge is 0.416 e. The predicted octanol–water partition coefficient (Wildman–Crippen LogP) is 3.78. The van der Waals surface area contributed by atoms with Crippen LogP contribution in [0.25, 0.3) is 0 Å². The summed E-state index contributed by atoms with van der Waals surface area (Å²) in [5.41, 5.74) is -0.0882. The maximum absolute atomic E-state index is 12.4. The second-order valence-corrected chi connectivity index (χ2v) is 3.36. The van der Waals surface area contributed by atoms with Crippen LogP contribution in [0.4, 0.5) is 13.2 Å². The maximum Gasteiger partial charge on any atom is 0.416 e. The second kappa shape index (κ2) is 6.02. The van der Waals surface area contributed by atoms with Crippen molar-refractivity contribution in [3.8, 4) is 0 Å². The van der Waals surface area contributed by atoms with Crippen molar-refractivity contribution in [3.05, 3.63) is 35.4 Å². The summed E-state index contributed by atoms with van der Waals surface area (Å²) in [6.07, 6.45) is -4.92. The first kappa shape index (κ1) is 14.0. The molecule has 0 aliphatic rings. The van der Waals surface area contributed by atoms with Crippen molar-refractivity contribution in [2.75, 3.05) is 13.2 Å². The Morgan fingerprint density at radius 2 is 1.47 bits per heavy atom. The fraction of sp³-hybridized carbons (Fsp3) is 0.500. The molecule has 0 aliphatic heterocycles. The number of alkyl halides is 3. The summed E-state index contributed by atoms with van der Waals surface area (Å²) in [4.78, 5) is 0. The molecule has 0 N–H and O–H groups in total. The normalized spacial score (nSPS) is 12.1. The standard InChI is InChI=1S/C12H15F3O2/c1-3-16-11(17-4-2)9-5-7-10(8-6-9)12(13,14)15/h5-8,11H,3-4H2,1-2H3. The summed E-state index contributed by atoms with van der Waals surface area (Å²) < 4.78 is 47.6. The van der Waals surface area contributed by atoms with Crippen LogP contribution in [0, 0.1) is 0 Å². The van der Waals surface area contributed by atoms with Crippen LogP contribution in [0.2, 0.25) is 0 Å². The maximum atomic E-state index is 12.4. The Morgan fingerprint density at radius 3 is 1.82 bits per heavy atom. The number of hydrogen-bond acceptors (Lipinski definition) is 2. The van der Waals surface area contributed by atoms with Crippen molar-refractivity contribution in [1.29, 1.82) is 0 Å². The smallest absolute Gasteiger partial charge is 0.349 e. The third-order valence-corrected chi connectivity index (χ3v) is 2.15. The quantitative estimate of drug-likeness (QED) is 0.738. The molecule has 0 saturated heterocycles. The van der Waals surface area contributed by atoms with Gasteiger partial charge in [0.1, 0.15) is 0 Å². The molecule has 1 rings (SSSR count). The second-order valence-electron chi connectivity index (χ2n) is 3.36. The third-order valence-electron chi connectivity index (χ3n) is 2.15. The first-order chi connectivity index (χ1) is 7.99. The van der Waals surface area contributed by atoms with Gasteiger partial charge in [0, 0.05) is 18.8 Å². The minimum absolute atomic E-state index is 0.436. The fourth-order valence-electron chi connectivity index (χ4n) is 1.37. The number of halogens is 3. The van der Waals surface area contributed by atoms with E-state index in [0.29, 0.717) is 18.8 Å². The van der Waals surface area contributed by atoms with Crippen LogP contribution >= 0.6 is 0 Å². The Kier molecular flexibility index (Phi) is 4.96. The highest BCUT2D eigenvalue weighted by Gasteiger charge is 2.30. The molecule has 0 fully saturated rings. The lowest BCUT2D eigenvalue weighted by atomic mass is 10.1. The molecule has 0 bridgehead atoms. The molecule has 0 amide bonds. The number of benzene rings is 1. The summed E-state index contributed by atoms with van der Waals surface area (Å²) in [6.45, 7) is 4.48. The topological polar surface area (TPSA) is 18.5 Å². The van der Waals surface area contributed by atoms with Gasteiger partial charge in [-0.25, -0.2) is 0 Å². The van der Waals surface area contributed by atoms with Crippen molar-refractivity contribution in [1.82, 2.24) is 0 Å². The molecular weight excluding hydrogens is 233 g/mol. The van der Waals surface area contributed by atoms with Gasteiger partial charge in [-0.2, -0.15) is 13.2 Å². The van der Waals surface area contributed by atoms with E-state index in [1.165, 1.54) is 12.1 Å². The molecule has 0 atom stereocenters. The zero-order valence-corrected chi connectivity index (χ0v) is 9.75. The lowest BCUT2D eigenvalue weighted by Gasteiger charge is -2.17. The zero-order valence-electron chi connectivity index (χ0n) is 9.75. The molecule has 1 aromatic carbocycles. The van der Waals surface area contributed by atoms with Crippen LogP contribution in [0.5, 0.6) is 0 Å².